The Balaban J connectivity index is 2.28. The van der Waals surface area contributed by atoms with Crippen LogP contribution in [0.15, 0.2) is 22.8 Å². The van der Waals surface area contributed by atoms with Crippen molar-refractivity contribution in [1.29, 1.82) is 0 Å². The minimum atomic E-state index is -0.542. The maximum absolute atomic E-state index is 11.3. The van der Waals surface area contributed by atoms with Crippen molar-refractivity contribution in [3.05, 3.63) is 40.1 Å². The van der Waals surface area contributed by atoms with E-state index in [1.807, 2.05) is 13.8 Å². The molecule has 2 aromatic rings. The fourth-order valence-corrected chi connectivity index (χ4v) is 1.76. The number of furan rings is 1. The molecule has 2 aromatic heterocycles. The summed E-state index contributed by atoms with van der Waals surface area (Å²) in [5.74, 6) is 1.37. The van der Waals surface area contributed by atoms with Crippen molar-refractivity contribution in [2.75, 3.05) is 11.9 Å². The molecule has 8 nitrogen and oxygen atoms in total. The Morgan fingerprint density at radius 2 is 2.23 bits per heavy atom. The van der Waals surface area contributed by atoms with Crippen LogP contribution in [0.5, 0.6) is 5.88 Å². The van der Waals surface area contributed by atoms with Crippen LogP contribution in [0.2, 0.25) is 0 Å². The second-order valence-corrected chi connectivity index (χ2v) is 5.17. The van der Waals surface area contributed by atoms with Crippen LogP contribution in [0, 0.1) is 23.0 Å². The number of aromatic nitrogens is 2. The summed E-state index contributed by atoms with van der Waals surface area (Å²) in [6.45, 7) is 6.19. The Bertz CT molecular complexity index is 641. The quantitative estimate of drug-likeness (QED) is 0.619. The van der Waals surface area contributed by atoms with Gasteiger partial charge in [-0.25, -0.2) is 4.98 Å². The van der Waals surface area contributed by atoms with Crippen LogP contribution >= 0.6 is 0 Å². The topological polar surface area (TPSA) is 103 Å². The number of aryl methyl sites for hydroxylation is 1. The smallest absolute Gasteiger partial charge is 0.372 e. The number of anilines is 1. The molecule has 0 spiro atoms. The average molecular weight is 306 g/mol. The monoisotopic (exact) mass is 306 g/mol. The average Bonchev–Trinajstić information content (AvgIpc) is 2.95. The number of hydrogen-bond donors (Lipinski definition) is 1. The van der Waals surface area contributed by atoms with Crippen LogP contribution < -0.4 is 10.1 Å². The zero-order valence-electron chi connectivity index (χ0n) is 12.7. The van der Waals surface area contributed by atoms with Gasteiger partial charge in [-0.1, -0.05) is 13.8 Å². The first kappa shape index (κ1) is 15.7. The number of nitro groups is 1. The van der Waals surface area contributed by atoms with E-state index >= 15 is 0 Å². The molecule has 0 saturated heterocycles. The SMILES string of the molecule is Cc1nc(NCc2ccco2)c([N+](=O)[O-])c(OCC(C)C)n1. The molecule has 0 saturated carbocycles. The fourth-order valence-electron chi connectivity index (χ4n) is 1.76. The normalized spacial score (nSPS) is 10.7. The molecule has 0 aromatic carbocycles. The third-order valence-corrected chi connectivity index (χ3v) is 2.71. The fraction of sp³-hybridized carbons (Fsp3) is 0.429. The molecule has 8 heteroatoms. The van der Waals surface area contributed by atoms with Gasteiger partial charge in [0, 0.05) is 0 Å². The predicted molar refractivity (Wildman–Crippen MR) is 79.8 cm³/mol. The second-order valence-electron chi connectivity index (χ2n) is 5.17. The standard InChI is InChI=1S/C14H18N4O4/c1-9(2)8-22-14-12(18(19)20)13(16-10(3)17-14)15-7-11-5-4-6-21-11/h4-6,9H,7-8H2,1-3H3,(H,15,16,17). The zero-order valence-corrected chi connectivity index (χ0v) is 12.7. The molecule has 2 heterocycles. The molecule has 0 bridgehead atoms. The van der Waals surface area contributed by atoms with Crippen LogP contribution in [0.1, 0.15) is 25.4 Å². The lowest BCUT2D eigenvalue weighted by Crippen LogP contribution is -2.12. The largest absolute Gasteiger partial charge is 0.472 e. The lowest BCUT2D eigenvalue weighted by Gasteiger charge is -2.11. The predicted octanol–water partition coefficient (Wildman–Crippen LogP) is 2.93. The van der Waals surface area contributed by atoms with E-state index in [0.717, 1.165) is 0 Å². The third-order valence-electron chi connectivity index (χ3n) is 2.71. The van der Waals surface area contributed by atoms with E-state index in [2.05, 4.69) is 15.3 Å². The van der Waals surface area contributed by atoms with Crippen molar-refractivity contribution in [1.82, 2.24) is 9.97 Å². The Morgan fingerprint density at radius 3 is 2.82 bits per heavy atom. The molecular formula is C14H18N4O4. The van der Waals surface area contributed by atoms with E-state index in [-0.39, 0.29) is 29.8 Å². The molecule has 0 amide bonds. The van der Waals surface area contributed by atoms with E-state index < -0.39 is 4.92 Å². The number of nitrogens with zero attached hydrogens (tertiary/aromatic N) is 3. The number of rotatable bonds is 7. The van der Waals surface area contributed by atoms with E-state index in [0.29, 0.717) is 18.2 Å². The summed E-state index contributed by atoms with van der Waals surface area (Å²) in [4.78, 5) is 18.9. The summed E-state index contributed by atoms with van der Waals surface area (Å²) in [6.07, 6.45) is 1.54. The van der Waals surface area contributed by atoms with Crippen LogP contribution in [0.4, 0.5) is 11.5 Å². The first-order valence-corrected chi connectivity index (χ1v) is 6.89. The minimum absolute atomic E-state index is 0.0202. The Hall–Kier alpha value is -2.64. The van der Waals surface area contributed by atoms with Crippen molar-refractivity contribution in [3.63, 3.8) is 0 Å². The summed E-state index contributed by atoms with van der Waals surface area (Å²) < 4.78 is 10.7. The molecule has 0 fully saturated rings. The highest BCUT2D eigenvalue weighted by Gasteiger charge is 2.26. The zero-order chi connectivity index (χ0) is 16.1. The van der Waals surface area contributed by atoms with Gasteiger partial charge in [-0.2, -0.15) is 4.98 Å². The first-order chi connectivity index (χ1) is 10.5. The van der Waals surface area contributed by atoms with E-state index in [1.54, 1.807) is 19.1 Å². The Labute approximate surface area is 127 Å². The van der Waals surface area contributed by atoms with Gasteiger partial charge in [0.1, 0.15) is 11.6 Å². The molecular weight excluding hydrogens is 288 g/mol. The summed E-state index contributed by atoms with van der Waals surface area (Å²) >= 11 is 0. The van der Waals surface area contributed by atoms with Crippen molar-refractivity contribution >= 4 is 11.5 Å². The van der Waals surface area contributed by atoms with Crippen molar-refractivity contribution < 1.29 is 14.1 Å². The highest BCUT2D eigenvalue weighted by Crippen LogP contribution is 2.32. The van der Waals surface area contributed by atoms with E-state index in [4.69, 9.17) is 9.15 Å². The Kier molecular flexibility index (Phi) is 4.92. The van der Waals surface area contributed by atoms with Crippen molar-refractivity contribution in [2.24, 2.45) is 5.92 Å². The molecule has 1 N–H and O–H groups in total. The van der Waals surface area contributed by atoms with Gasteiger partial charge in [-0.05, 0) is 25.0 Å². The van der Waals surface area contributed by atoms with Crippen molar-refractivity contribution in [3.8, 4) is 5.88 Å². The maximum Gasteiger partial charge on any atom is 0.372 e. The van der Waals surface area contributed by atoms with Gasteiger partial charge in [-0.3, -0.25) is 10.1 Å². The summed E-state index contributed by atoms with van der Waals surface area (Å²) in [5, 5.41) is 14.2. The summed E-state index contributed by atoms with van der Waals surface area (Å²) in [7, 11) is 0. The highest BCUT2D eigenvalue weighted by atomic mass is 16.6. The number of hydrogen-bond acceptors (Lipinski definition) is 7. The number of ether oxygens (including phenoxy) is 1. The van der Waals surface area contributed by atoms with Gasteiger partial charge in [0.25, 0.3) is 5.88 Å². The van der Waals surface area contributed by atoms with Gasteiger partial charge < -0.3 is 14.5 Å². The molecule has 0 radical (unpaired) electrons. The molecule has 2 rings (SSSR count). The van der Waals surface area contributed by atoms with Gasteiger partial charge in [0.05, 0.1) is 24.3 Å². The van der Waals surface area contributed by atoms with Gasteiger partial charge >= 0.3 is 5.69 Å². The highest BCUT2D eigenvalue weighted by molar-refractivity contribution is 5.61. The van der Waals surface area contributed by atoms with Gasteiger partial charge in [-0.15, -0.1) is 0 Å². The van der Waals surface area contributed by atoms with Crippen LogP contribution in [-0.2, 0) is 6.54 Å². The third kappa shape index (κ3) is 3.94. The van der Waals surface area contributed by atoms with Gasteiger partial charge in [0.15, 0.2) is 0 Å². The second kappa shape index (κ2) is 6.88. The molecule has 118 valence electrons. The van der Waals surface area contributed by atoms with E-state index in [1.165, 1.54) is 6.26 Å². The molecule has 0 unspecified atom stereocenters. The van der Waals surface area contributed by atoms with Crippen molar-refractivity contribution in [2.45, 2.75) is 27.3 Å². The molecule has 0 aliphatic heterocycles. The first-order valence-electron chi connectivity index (χ1n) is 6.89. The lowest BCUT2D eigenvalue weighted by atomic mass is 10.2. The summed E-state index contributed by atoms with van der Waals surface area (Å²) in [5.41, 5.74) is -0.266. The molecule has 0 aliphatic rings. The van der Waals surface area contributed by atoms with Crippen LogP contribution in [0.3, 0.4) is 0 Å². The molecule has 0 atom stereocenters. The number of nitrogens with one attached hydrogen (secondary N) is 1. The lowest BCUT2D eigenvalue weighted by molar-refractivity contribution is -0.385. The maximum atomic E-state index is 11.3. The summed E-state index contributed by atoms with van der Waals surface area (Å²) in [6, 6.07) is 3.51. The minimum Gasteiger partial charge on any atom is -0.472 e. The van der Waals surface area contributed by atoms with E-state index in [9.17, 15) is 10.1 Å². The Morgan fingerprint density at radius 1 is 1.45 bits per heavy atom. The van der Waals surface area contributed by atoms with Crippen LogP contribution in [-0.4, -0.2) is 21.5 Å². The van der Waals surface area contributed by atoms with Gasteiger partial charge in [0.2, 0.25) is 5.82 Å². The molecule has 0 aliphatic carbocycles. The molecule has 22 heavy (non-hydrogen) atoms. The van der Waals surface area contributed by atoms with Crippen LogP contribution in [0.25, 0.3) is 0 Å².